The minimum absolute atomic E-state index is 0.0388. The molecule has 3 rings (SSSR count). The van der Waals surface area contributed by atoms with Crippen molar-refractivity contribution in [1.29, 1.82) is 0 Å². The van der Waals surface area contributed by atoms with Crippen LogP contribution >= 0.6 is 0 Å². The maximum absolute atomic E-state index is 6.31. The van der Waals surface area contributed by atoms with Gasteiger partial charge in [-0.2, -0.15) is 0 Å². The van der Waals surface area contributed by atoms with Crippen LogP contribution in [-0.2, 0) is 0 Å². The largest absolute Gasteiger partial charge is 0.313 e. The lowest BCUT2D eigenvalue weighted by Crippen LogP contribution is -2.63. The van der Waals surface area contributed by atoms with Crippen molar-refractivity contribution in [2.45, 2.75) is 31.3 Å². The Balaban J connectivity index is 2.11. The molecule has 0 aromatic rings. The van der Waals surface area contributed by atoms with Gasteiger partial charge in [-0.25, -0.2) is 0 Å². The van der Waals surface area contributed by atoms with Crippen LogP contribution in [0, 0.1) is 5.92 Å². The van der Waals surface area contributed by atoms with E-state index in [4.69, 9.17) is 5.73 Å². The van der Waals surface area contributed by atoms with Crippen LogP contribution < -0.4 is 5.73 Å². The zero-order valence-electron chi connectivity index (χ0n) is 7.63. The maximum Gasteiger partial charge on any atom is 0.0725 e. The molecule has 0 amide bonds. The van der Waals surface area contributed by atoms with E-state index in [1.165, 1.54) is 32.4 Å². The van der Waals surface area contributed by atoms with Gasteiger partial charge in [0.2, 0.25) is 0 Å². The first-order chi connectivity index (χ1) is 5.74. The highest BCUT2D eigenvalue weighted by Gasteiger charge is 2.41. The minimum Gasteiger partial charge on any atom is -0.313 e. The lowest BCUT2D eigenvalue weighted by molar-refractivity contribution is -0.0239. The molecule has 3 heterocycles. The summed E-state index contributed by atoms with van der Waals surface area (Å²) in [6, 6.07) is 0. The number of hydrogen-bond donors (Lipinski definition) is 1. The highest BCUT2D eigenvalue weighted by Crippen LogP contribution is 2.37. The van der Waals surface area contributed by atoms with Crippen LogP contribution in [0.15, 0.2) is 12.7 Å². The van der Waals surface area contributed by atoms with Gasteiger partial charge in [0.25, 0.3) is 0 Å². The maximum atomic E-state index is 6.31. The van der Waals surface area contributed by atoms with Crippen molar-refractivity contribution >= 4 is 0 Å². The molecular formula is C10H18N2. The van der Waals surface area contributed by atoms with Crippen LogP contribution in [0.1, 0.15) is 25.7 Å². The first kappa shape index (κ1) is 8.27. The second-order valence-electron chi connectivity index (χ2n) is 4.23. The number of piperidine rings is 3. The third-order valence-corrected chi connectivity index (χ3v) is 3.38. The fraction of sp³-hybridized carbons (Fsp3) is 0.800. The van der Waals surface area contributed by atoms with Crippen LogP contribution in [0.5, 0.6) is 0 Å². The molecule has 0 aromatic carbocycles. The zero-order valence-corrected chi connectivity index (χ0v) is 7.63. The van der Waals surface area contributed by atoms with Gasteiger partial charge >= 0.3 is 0 Å². The lowest BCUT2D eigenvalue weighted by Gasteiger charge is -2.52. The van der Waals surface area contributed by atoms with Gasteiger partial charge in [-0.1, -0.05) is 6.08 Å². The molecule has 0 aromatic heterocycles. The van der Waals surface area contributed by atoms with E-state index in [2.05, 4.69) is 11.5 Å². The average Bonchev–Trinajstić information content (AvgIpc) is 2.05. The molecule has 3 aliphatic heterocycles. The van der Waals surface area contributed by atoms with E-state index >= 15 is 0 Å². The Labute approximate surface area is 74.4 Å². The number of fused-ring (bicyclic) bond motifs is 3. The average molecular weight is 166 g/mol. The van der Waals surface area contributed by atoms with E-state index in [9.17, 15) is 0 Å². The van der Waals surface area contributed by atoms with Gasteiger partial charge in [0.05, 0.1) is 5.66 Å². The van der Waals surface area contributed by atoms with Gasteiger partial charge in [0.1, 0.15) is 0 Å². The molecule has 2 heteroatoms. The zero-order chi connectivity index (χ0) is 8.60. The topological polar surface area (TPSA) is 29.3 Å². The molecule has 3 fully saturated rings. The summed E-state index contributed by atoms with van der Waals surface area (Å²) in [4.78, 5) is 2.44. The molecule has 0 radical (unpaired) electrons. The molecule has 68 valence electrons. The molecule has 0 saturated carbocycles. The molecule has 2 bridgehead atoms. The summed E-state index contributed by atoms with van der Waals surface area (Å²) < 4.78 is 0. The summed E-state index contributed by atoms with van der Waals surface area (Å²) in [5.74, 6) is 0.889. The summed E-state index contributed by atoms with van der Waals surface area (Å²) in [7, 11) is 0. The van der Waals surface area contributed by atoms with E-state index < -0.39 is 0 Å². The number of hydrogen-bond acceptors (Lipinski definition) is 2. The Morgan fingerprint density at radius 3 is 2.58 bits per heavy atom. The quantitative estimate of drug-likeness (QED) is 0.627. The van der Waals surface area contributed by atoms with Crippen molar-refractivity contribution in [3.05, 3.63) is 12.7 Å². The number of rotatable bonds is 2. The third kappa shape index (κ3) is 1.19. The monoisotopic (exact) mass is 166 g/mol. The van der Waals surface area contributed by atoms with Gasteiger partial charge in [-0.3, -0.25) is 4.90 Å². The summed E-state index contributed by atoms with van der Waals surface area (Å²) in [6.45, 7) is 6.18. The summed E-state index contributed by atoms with van der Waals surface area (Å²) >= 11 is 0. The molecule has 3 saturated heterocycles. The van der Waals surface area contributed by atoms with Crippen LogP contribution in [0.4, 0.5) is 0 Å². The van der Waals surface area contributed by atoms with Gasteiger partial charge in [0.15, 0.2) is 0 Å². The van der Waals surface area contributed by atoms with Crippen LogP contribution in [-0.4, -0.2) is 23.7 Å². The van der Waals surface area contributed by atoms with Gasteiger partial charge in [-0.05, 0) is 31.6 Å². The SMILES string of the molecule is C=CCC1(N)CC2CCN1CC2. The van der Waals surface area contributed by atoms with Gasteiger partial charge in [0, 0.05) is 13.1 Å². The van der Waals surface area contributed by atoms with E-state index in [0.29, 0.717) is 0 Å². The normalized spacial score (nSPS) is 46.1. The molecule has 2 nitrogen and oxygen atoms in total. The second kappa shape index (κ2) is 2.86. The fourth-order valence-corrected chi connectivity index (χ4v) is 2.67. The molecule has 3 aliphatic rings. The molecule has 2 N–H and O–H groups in total. The van der Waals surface area contributed by atoms with Crippen molar-refractivity contribution < 1.29 is 0 Å². The van der Waals surface area contributed by atoms with Gasteiger partial charge in [-0.15, -0.1) is 6.58 Å². The predicted octanol–water partition coefficient (Wildman–Crippen LogP) is 1.33. The van der Waals surface area contributed by atoms with E-state index in [1.807, 2.05) is 6.08 Å². The van der Waals surface area contributed by atoms with Crippen molar-refractivity contribution in [3.63, 3.8) is 0 Å². The standard InChI is InChI=1S/C10H18N2/c1-2-5-10(11)8-9-3-6-12(10)7-4-9/h2,9H,1,3-8,11H2. The Bertz CT molecular complexity index is 182. The fourth-order valence-electron chi connectivity index (χ4n) is 2.67. The van der Waals surface area contributed by atoms with Crippen LogP contribution in [0.25, 0.3) is 0 Å². The van der Waals surface area contributed by atoms with Crippen molar-refractivity contribution in [2.24, 2.45) is 11.7 Å². The number of nitrogens with two attached hydrogens (primary N) is 1. The Kier molecular flexibility index (Phi) is 1.97. The summed E-state index contributed by atoms with van der Waals surface area (Å²) in [6.07, 6.45) is 6.80. The second-order valence-corrected chi connectivity index (χ2v) is 4.23. The molecular weight excluding hydrogens is 148 g/mol. The molecule has 0 aliphatic carbocycles. The van der Waals surface area contributed by atoms with E-state index in [-0.39, 0.29) is 5.66 Å². The highest BCUT2D eigenvalue weighted by molar-refractivity contribution is 4.99. The van der Waals surface area contributed by atoms with Crippen molar-refractivity contribution in [2.75, 3.05) is 13.1 Å². The third-order valence-electron chi connectivity index (χ3n) is 3.38. The van der Waals surface area contributed by atoms with Crippen molar-refractivity contribution in [1.82, 2.24) is 4.90 Å². The lowest BCUT2D eigenvalue weighted by atomic mass is 9.78. The van der Waals surface area contributed by atoms with E-state index in [1.54, 1.807) is 0 Å². The minimum atomic E-state index is -0.0388. The Morgan fingerprint density at radius 2 is 2.17 bits per heavy atom. The smallest absolute Gasteiger partial charge is 0.0725 e. The van der Waals surface area contributed by atoms with Gasteiger partial charge < -0.3 is 5.73 Å². The molecule has 1 atom stereocenters. The Hall–Kier alpha value is -0.340. The van der Waals surface area contributed by atoms with Crippen LogP contribution in [0.2, 0.25) is 0 Å². The van der Waals surface area contributed by atoms with E-state index in [0.717, 1.165) is 12.3 Å². The molecule has 12 heavy (non-hydrogen) atoms. The van der Waals surface area contributed by atoms with Crippen molar-refractivity contribution in [3.8, 4) is 0 Å². The first-order valence-corrected chi connectivity index (χ1v) is 4.89. The summed E-state index contributed by atoms with van der Waals surface area (Å²) in [5.41, 5.74) is 6.27. The molecule has 0 spiro atoms. The number of nitrogens with zero attached hydrogens (tertiary/aromatic N) is 1. The Morgan fingerprint density at radius 1 is 1.50 bits per heavy atom. The molecule has 1 unspecified atom stereocenters. The van der Waals surface area contributed by atoms with Crippen LogP contribution in [0.3, 0.4) is 0 Å². The first-order valence-electron chi connectivity index (χ1n) is 4.89. The predicted molar refractivity (Wildman–Crippen MR) is 50.6 cm³/mol. The summed E-state index contributed by atoms with van der Waals surface area (Å²) in [5, 5.41) is 0. The highest BCUT2D eigenvalue weighted by atomic mass is 15.3.